The molecule has 7 heteroatoms. The standard InChI is InChI=1S/C17H18N4O3/c1-4-5-8-21-16(23)14-15(19-17(21)24)20(3)13-7-6-11(10(2)22)9-12(13)18-14/h6-7,9H,4-5,8H2,1-3H3. The van der Waals surface area contributed by atoms with Crippen LogP contribution in [0.3, 0.4) is 0 Å². The van der Waals surface area contributed by atoms with Crippen LogP contribution in [0, 0.1) is 0 Å². The fourth-order valence-corrected chi connectivity index (χ4v) is 2.71. The zero-order valence-corrected chi connectivity index (χ0v) is 13.9. The zero-order chi connectivity index (χ0) is 17.4. The predicted molar refractivity (Wildman–Crippen MR) is 90.6 cm³/mol. The molecule has 0 saturated carbocycles. The average Bonchev–Trinajstić information content (AvgIpc) is 2.55. The van der Waals surface area contributed by atoms with Crippen molar-refractivity contribution in [2.45, 2.75) is 33.2 Å². The lowest BCUT2D eigenvalue weighted by atomic mass is 10.1. The molecule has 2 aliphatic rings. The Morgan fingerprint density at radius 3 is 2.62 bits per heavy atom. The molecule has 0 aliphatic carbocycles. The van der Waals surface area contributed by atoms with Crippen LogP contribution in [-0.2, 0) is 13.6 Å². The number of aryl methyl sites for hydroxylation is 1. The Morgan fingerprint density at radius 1 is 1.21 bits per heavy atom. The number of carbonyl (C=O) groups excluding carboxylic acids is 1. The van der Waals surface area contributed by atoms with Crippen molar-refractivity contribution in [3.63, 3.8) is 0 Å². The van der Waals surface area contributed by atoms with Gasteiger partial charge in [0.25, 0.3) is 5.56 Å². The second-order valence-corrected chi connectivity index (χ2v) is 5.81. The van der Waals surface area contributed by atoms with Crippen molar-refractivity contribution in [3.8, 4) is 11.5 Å². The van der Waals surface area contributed by atoms with E-state index in [0.29, 0.717) is 23.1 Å². The lowest BCUT2D eigenvalue weighted by Crippen LogP contribution is -2.38. The number of fused-ring (bicyclic) bond motifs is 2. The number of benzene rings is 1. The van der Waals surface area contributed by atoms with Gasteiger partial charge in [-0.1, -0.05) is 13.3 Å². The van der Waals surface area contributed by atoms with E-state index in [1.165, 1.54) is 6.92 Å². The lowest BCUT2D eigenvalue weighted by molar-refractivity contribution is 0.101. The molecule has 0 N–H and O–H groups in total. The third kappa shape index (κ3) is 2.51. The summed E-state index contributed by atoms with van der Waals surface area (Å²) in [6, 6.07) is 5.09. The molecule has 1 aromatic rings. The molecule has 0 atom stereocenters. The van der Waals surface area contributed by atoms with Crippen molar-refractivity contribution < 1.29 is 4.79 Å². The minimum absolute atomic E-state index is 0.0742. The first-order chi connectivity index (χ1) is 11.4. The second-order valence-electron chi connectivity index (χ2n) is 5.81. The number of hydrogen-bond acceptors (Lipinski definition) is 5. The van der Waals surface area contributed by atoms with Crippen LogP contribution >= 0.6 is 0 Å². The smallest absolute Gasteiger partial charge is 0.325 e. The lowest BCUT2D eigenvalue weighted by Gasteiger charge is -2.14. The van der Waals surface area contributed by atoms with Gasteiger partial charge >= 0.3 is 5.69 Å². The number of carbonyl (C=O) groups is 1. The second kappa shape index (κ2) is 5.99. The van der Waals surface area contributed by atoms with Gasteiger partial charge in [0.2, 0.25) is 0 Å². The molecule has 0 amide bonds. The van der Waals surface area contributed by atoms with E-state index in [1.807, 2.05) is 6.92 Å². The maximum Gasteiger partial charge on any atom is 0.352 e. The maximum atomic E-state index is 12.7. The molecule has 0 radical (unpaired) electrons. The molecule has 7 nitrogen and oxygen atoms in total. The highest BCUT2D eigenvalue weighted by atomic mass is 16.2. The van der Waals surface area contributed by atoms with Crippen molar-refractivity contribution in [1.29, 1.82) is 0 Å². The quantitative estimate of drug-likeness (QED) is 0.537. The number of rotatable bonds is 4. The number of nitrogens with zero attached hydrogens (tertiary/aromatic N) is 4. The fourth-order valence-electron chi connectivity index (χ4n) is 2.71. The summed E-state index contributed by atoms with van der Waals surface area (Å²) in [4.78, 5) is 44.8. The maximum absolute atomic E-state index is 12.7. The van der Waals surface area contributed by atoms with E-state index in [4.69, 9.17) is 0 Å². The van der Waals surface area contributed by atoms with Gasteiger partial charge in [-0.3, -0.25) is 14.2 Å². The van der Waals surface area contributed by atoms with Crippen LogP contribution in [0.4, 0.5) is 0 Å². The molecular weight excluding hydrogens is 308 g/mol. The summed E-state index contributed by atoms with van der Waals surface area (Å²) in [5.41, 5.74) is 0.889. The third-order valence-electron chi connectivity index (χ3n) is 4.12. The van der Waals surface area contributed by atoms with E-state index in [0.717, 1.165) is 17.4 Å². The monoisotopic (exact) mass is 326 g/mol. The van der Waals surface area contributed by atoms with Crippen molar-refractivity contribution in [3.05, 3.63) is 44.6 Å². The molecule has 1 aromatic carbocycles. The molecule has 0 unspecified atom stereocenters. The topological polar surface area (TPSA) is 86.8 Å². The van der Waals surface area contributed by atoms with E-state index < -0.39 is 11.2 Å². The SMILES string of the molecule is CCCCn1c(=O)nc2n(C)c3ccc(C(C)=O)cc3nc-2c1=O. The van der Waals surface area contributed by atoms with Crippen molar-refractivity contribution in [1.82, 2.24) is 19.1 Å². The van der Waals surface area contributed by atoms with E-state index in [-0.39, 0.29) is 17.3 Å². The normalized spacial score (nSPS) is 11.3. The van der Waals surface area contributed by atoms with Gasteiger partial charge in [0.1, 0.15) is 0 Å². The Balaban J connectivity index is 2.36. The summed E-state index contributed by atoms with van der Waals surface area (Å²) >= 11 is 0. The van der Waals surface area contributed by atoms with Gasteiger partial charge < -0.3 is 4.57 Å². The Kier molecular flexibility index (Phi) is 4.01. The molecule has 2 aliphatic heterocycles. The molecule has 3 rings (SSSR count). The first-order valence-corrected chi connectivity index (χ1v) is 7.86. The van der Waals surface area contributed by atoms with E-state index in [2.05, 4.69) is 9.97 Å². The summed E-state index contributed by atoms with van der Waals surface area (Å²) < 4.78 is 2.79. The molecule has 2 heterocycles. The Labute approximate surface area is 137 Å². The molecule has 24 heavy (non-hydrogen) atoms. The van der Waals surface area contributed by atoms with Crippen LogP contribution in [0.1, 0.15) is 37.0 Å². The Hall–Kier alpha value is -2.83. The van der Waals surface area contributed by atoms with Gasteiger partial charge in [-0.05, 0) is 31.5 Å². The minimum Gasteiger partial charge on any atom is -0.325 e. The number of ketones is 1. The van der Waals surface area contributed by atoms with Gasteiger partial charge in [-0.25, -0.2) is 9.78 Å². The summed E-state index contributed by atoms with van der Waals surface area (Å²) in [6.07, 6.45) is 1.58. The molecular formula is C17H18N4O3. The summed E-state index contributed by atoms with van der Waals surface area (Å²) in [5, 5.41) is 0. The van der Waals surface area contributed by atoms with Gasteiger partial charge in [-0.2, -0.15) is 4.98 Å². The minimum atomic E-state index is -0.557. The Morgan fingerprint density at radius 2 is 1.96 bits per heavy atom. The van der Waals surface area contributed by atoms with Crippen molar-refractivity contribution in [2.24, 2.45) is 7.05 Å². The van der Waals surface area contributed by atoms with Gasteiger partial charge in [0.15, 0.2) is 17.3 Å². The molecule has 0 bridgehead atoms. The van der Waals surface area contributed by atoms with Crippen LogP contribution in [0.15, 0.2) is 27.8 Å². The summed E-state index contributed by atoms with van der Waals surface area (Å²) in [7, 11) is 1.72. The van der Waals surface area contributed by atoms with Gasteiger partial charge in [0.05, 0.1) is 11.0 Å². The van der Waals surface area contributed by atoms with Crippen LogP contribution in [0.25, 0.3) is 22.6 Å². The third-order valence-corrected chi connectivity index (χ3v) is 4.12. The highest BCUT2D eigenvalue weighted by Gasteiger charge is 2.20. The van der Waals surface area contributed by atoms with Crippen LogP contribution in [-0.4, -0.2) is 24.9 Å². The highest BCUT2D eigenvalue weighted by Crippen LogP contribution is 2.20. The number of aromatic nitrogens is 4. The molecule has 0 spiro atoms. The van der Waals surface area contributed by atoms with Gasteiger partial charge in [-0.15, -0.1) is 0 Å². The molecule has 124 valence electrons. The van der Waals surface area contributed by atoms with E-state index in [9.17, 15) is 14.4 Å². The van der Waals surface area contributed by atoms with Gasteiger partial charge in [0, 0.05) is 19.2 Å². The number of hydrogen-bond donors (Lipinski definition) is 0. The summed E-state index contributed by atoms with van der Waals surface area (Å²) in [5.74, 6) is 0.177. The fraction of sp³-hybridized carbons (Fsp3) is 0.353. The van der Waals surface area contributed by atoms with E-state index >= 15 is 0 Å². The largest absolute Gasteiger partial charge is 0.352 e. The van der Waals surface area contributed by atoms with E-state index in [1.54, 1.807) is 29.8 Å². The predicted octanol–water partition coefficient (Wildman–Crippen LogP) is 1.60. The van der Waals surface area contributed by atoms with Crippen molar-refractivity contribution in [2.75, 3.05) is 0 Å². The number of unbranched alkanes of at least 4 members (excludes halogenated alkanes) is 1. The number of Topliss-reactive ketones (excluding diaryl/α,β-unsaturated/α-hetero) is 1. The first kappa shape index (κ1) is 16.0. The zero-order valence-electron chi connectivity index (χ0n) is 13.9. The van der Waals surface area contributed by atoms with Crippen LogP contribution in [0.5, 0.6) is 0 Å². The average molecular weight is 326 g/mol. The van der Waals surface area contributed by atoms with Crippen molar-refractivity contribution >= 4 is 16.8 Å². The molecule has 0 saturated heterocycles. The first-order valence-electron chi connectivity index (χ1n) is 7.86. The molecule has 0 fully saturated rings. The molecule has 0 aromatic heterocycles. The van der Waals surface area contributed by atoms with Crippen LogP contribution in [0.2, 0.25) is 0 Å². The highest BCUT2D eigenvalue weighted by molar-refractivity contribution is 5.97. The van der Waals surface area contributed by atoms with Crippen LogP contribution < -0.4 is 11.2 Å². The Bertz CT molecular complexity index is 1030. The summed E-state index contributed by atoms with van der Waals surface area (Å²) in [6.45, 7) is 3.79.